The first-order valence-electron chi connectivity index (χ1n) is 7.39. The van der Waals surface area contributed by atoms with Gasteiger partial charge in [0.05, 0.1) is 13.2 Å². The second kappa shape index (κ2) is 10.6. The van der Waals surface area contributed by atoms with Gasteiger partial charge in [-0.2, -0.15) is 0 Å². The third kappa shape index (κ3) is 8.67. The van der Waals surface area contributed by atoms with Crippen LogP contribution >= 0.6 is 0 Å². The minimum atomic E-state index is -0.522. The molecule has 1 unspecified atom stereocenters. The lowest BCUT2D eigenvalue weighted by molar-refractivity contribution is 0.0952. The Morgan fingerprint density at radius 2 is 2.00 bits per heavy atom. The van der Waals surface area contributed by atoms with Crippen LogP contribution in [-0.2, 0) is 4.74 Å². The summed E-state index contributed by atoms with van der Waals surface area (Å²) in [6.45, 7) is 5.82. The third-order valence-electron chi connectivity index (χ3n) is 3.01. The van der Waals surface area contributed by atoms with Gasteiger partial charge in [-0.3, -0.25) is 0 Å². The van der Waals surface area contributed by atoms with Gasteiger partial charge in [0, 0.05) is 19.6 Å². The summed E-state index contributed by atoms with van der Waals surface area (Å²) in [5.41, 5.74) is 1.08. The van der Waals surface area contributed by atoms with E-state index in [1.807, 2.05) is 45.3 Å². The topological polar surface area (TPSA) is 54.0 Å². The highest BCUT2D eigenvalue weighted by Gasteiger charge is 2.05. The normalized spacial score (nSPS) is 12.6. The molecule has 21 heavy (non-hydrogen) atoms. The summed E-state index contributed by atoms with van der Waals surface area (Å²) < 4.78 is 11.0. The second-order valence-corrected chi connectivity index (χ2v) is 5.35. The van der Waals surface area contributed by atoms with Crippen LogP contribution in [0.15, 0.2) is 24.3 Å². The van der Waals surface area contributed by atoms with Crippen LogP contribution in [0, 0.1) is 6.92 Å². The minimum absolute atomic E-state index is 0.291. The summed E-state index contributed by atoms with van der Waals surface area (Å²) in [7, 11) is 4.04. The summed E-state index contributed by atoms with van der Waals surface area (Å²) in [6, 6.07) is 7.80. The van der Waals surface area contributed by atoms with E-state index in [0.29, 0.717) is 19.8 Å². The van der Waals surface area contributed by atoms with Crippen LogP contribution in [0.3, 0.4) is 0 Å². The lowest BCUT2D eigenvalue weighted by atomic mass is 10.2. The van der Waals surface area contributed by atoms with Gasteiger partial charge < -0.3 is 24.8 Å². The number of aliphatic hydroxyl groups is 1. The Bertz CT molecular complexity index is 386. The van der Waals surface area contributed by atoms with Crippen molar-refractivity contribution >= 4 is 0 Å². The Balaban J connectivity index is 2.01. The quantitative estimate of drug-likeness (QED) is 0.594. The van der Waals surface area contributed by atoms with Crippen LogP contribution in [0.4, 0.5) is 0 Å². The molecule has 0 aliphatic rings. The van der Waals surface area contributed by atoms with Gasteiger partial charge in [0.2, 0.25) is 0 Å². The standard InChI is InChI=1S/C16H28N2O3/c1-14-6-4-5-7-16(14)21-13-15(19)12-17-8-10-20-11-9-18(2)3/h4-7,15,17,19H,8-13H2,1-3H3. The molecule has 120 valence electrons. The Morgan fingerprint density at radius 1 is 1.24 bits per heavy atom. The molecule has 0 spiro atoms. The lowest BCUT2D eigenvalue weighted by Gasteiger charge is -2.15. The summed E-state index contributed by atoms with van der Waals surface area (Å²) >= 11 is 0. The van der Waals surface area contributed by atoms with E-state index in [0.717, 1.165) is 31.0 Å². The summed E-state index contributed by atoms with van der Waals surface area (Å²) in [4.78, 5) is 2.08. The molecular formula is C16H28N2O3. The van der Waals surface area contributed by atoms with Gasteiger partial charge in [-0.25, -0.2) is 0 Å². The van der Waals surface area contributed by atoms with Gasteiger partial charge in [0.1, 0.15) is 18.5 Å². The predicted octanol–water partition coefficient (Wildman–Crippen LogP) is 0.903. The van der Waals surface area contributed by atoms with Gasteiger partial charge in [-0.15, -0.1) is 0 Å². The van der Waals surface area contributed by atoms with E-state index in [9.17, 15) is 5.11 Å². The van der Waals surface area contributed by atoms with Crippen LogP contribution in [0.25, 0.3) is 0 Å². The molecule has 0 aromatic heterocycles. The van der Waals surface area contributed by atoms with Gasteiger partial charge >= 0.3 is 0 Å². The zero-order chi connectivity index (χ0) is 15.5. The molecule has 1 aromatic carbocycles. The van der Waals surface area contributed by atoms with E-state index < -0.39 is 6.10 Å². The molecule has 0 saturated heterocycles. The van der Waals surface area contributed by atoms with Gasteiger partial charge in [0.25, 0.3) is 0 Å². The molecule has 1 atom stereocenters. The maximum absolute atomic E-state index is 9.84. The Hall–Kier alpha value is -1.14. The molecule has 1 aromatic rings. The molecule has 0 aliphatic carbocycles. The third-order valence-corrected chi connectivity index (χ3v) is 3.01. The monoisotopic (exact) mass is 296 g/mol. The van der Waals surface area contributed by atoms with E-state index in [1.165, 1.54) is 0 Å². The largest absolute Gasteiger partial charge is 0.491 e. The number of likely N-dealkylation sites (N-methyl/N-ethyl adjacent to an activating group) is 1. The van der Waals surface area contributed by atoms with E-state index in [-0.39, 0.29) is 0 Å². The van der Waals surface area contributed by atoms with Crippen molar-refractivity contribution in [1.82, 2.24) is 10.2 Å². The smallest absolute Gasteiger partial charge is 0.122 e. The molecule has 5 heteroatoms. The maximum Gasteiger partial charge on any atom is 0.122 e. The van der Waals surface area contributed by atoms with Gasteiger partial charge in [0.15, 0.2) is 0 Å². The highest BCUT2D eigenvalue weighted by molar-refractivity contribution is 5.31. The van der Waals surface area contributed by atoms with E-state index in [2.05, 4.69) is 10.2 Å². The van der Waals surface area contributed by atoms with Crippen molar-refractivity contribution in [3.8, 4) is 5.75 Å². The minimum Gasteiger partial charge on any atom is -0.491 e. The Kier molecular flexibility index (Phi) is 9.01. The molecule has 1 rings (SSSR count). The molecule has 0 aliphatic heterocycles. The van der Waals surface area contributed by atoms with E-state index in [4.69, 9.17) is 9.47 Å². The van der Waals surface area contributed by atoms with Crippen LogP contribution in [-0.4, -0.2) is 69.7 Å². The number of aliphatic hydroxyl groups excluding tert-OH is 1. The highest BCUT2D eigenvalue weighted by Crippen LogP contribution is 2.16. The Morgan fingerprint density at radius 3 is 2.71 bits per heavy atom. The number of para-hydroxylation sites is 1. The van der Waals surface area contributed by atoms with Gasteiger partial charge in [-0.1, -0.05) is 18.2 Å². The number of ether oxygens (including phenoxy) is 2. The molecule has 5 nitrogen and oxygen atoms in total. The number of rotatable bonds is 11. The van der Waals surface area contributed by atoms with Crippen molar-refractivity contribution in [3.05, 3.63) is 29.8 Å². The zero-order valence-corrected chi connectivity index (χ0v) is 13.3. The lowest BCUT2D eigenvalue weighted by Crippen LogP contribution is -2.33. The van der Waals surface area contributed by atoms with Crippen LogP contribution in [0.5, 0.6) is 5.75 Å². The second-order valence-electron chi connectivity index (χ2n) is 5.35. The first-order valence-corrected chi connectivity index (χ1v) is 7.39. The number of aryl methyl sites for hydroxylation is 1. The molecule has 0 fully saturated rings. The molecular weight excluding hydrogens is 268 g/mol. The van der Waals surface area contributed by atoms with Gasteiger partial charge in [-0.05, 0) is 32.6 Å². The van der Waals surface area contributed by atoms with Crippen molar-refractivity contribution in [3.63, 3.8) is 0 Å². The number of hydrogen-bond donors (Lipinski definition) is 2. The number of nitrogens with one attached hydrogen (secondary N) is 1. The number of hydrogen-bond acceptors (Lipinski definition) is 5. The van der Waals surface area contributed by atoms with Crippen LogP contribution < -0.4 is 10.1 Å². The van der Waals surface area contributed by atoms with Crippen molar-refractivity contribution in [2.24, 2.45) is 0 Å². The van der Waals surface area contributed by atoms with Crippen molar-refractivity contribution in [1.29, 1.82) is 0 Å². The Labute approximate surface area is 127 Å². The van der Waals surface area contributed by atoms with Crippen molar-refractivity contribution in [2.45, 2.75) is 13.0 Å². The van der Waals surface area contributed by atoms with Crippen LogP contribution in [0.1, 0.15) is 5.56 Å². The summed E-state index contributed by atoms with van der Waals surface area (Å²) in [6.07, 6.45) is -0.522. The molecule has 0 bridgehead atoms. The van der Waals surface area contributed by atoms with Crippen molar-refractivity contribution < 1.29 is 14.6 Å². The molecule has 2 N–H and O–H groups in total. The molecule has 0 radical (unpaired) electrons. The number of benzene rings is 1. The number of nitrogens with zero attached hydrogens (tertiary/aromatic N) is 1. The fraction of sp³-hybridized carbons (Fsp3) is 0.625. The SMILES string of the molecule is Cc1ccccc1OCC(O)CNCCOCCN(C)C. The molecule has 0 heterocycles. The fourth-order valence-corrected chi connectivity index (χ4v) is 1.73. The first kappa shape index (κ1) is 17.9. The zero-order valence-electron chi connectivity index (χ0n) is 13.3. The fourth-order valence-electron chi connectivity index (χ4n) is 1.73. The maximum atomic E-state index is 9.84. The highest BCUT2D eigenvalue weighted by atomic mass is 16.5. The van der Waals surface area contributed by atoms with Crippen molar-refractivity contribution in [2.75, 3.05) is 53.6 Å². The average molecular weight is 296 g/mol. The predicted molar refractivity (Wildman–Crippen MR) is 84.9 cm³/mol. The average Bonchev–Trinajstić information content (AvgIpc) is 2.45. The molecule has 0 saturated carbocycles. The summed E-state index contributed by atoms with van der Waals surface area (Å²) in [5.74, 6) is 0.823. The summed E-state index contributed by atoms with van der Waals surface area (Å²) in [5, 5.41) is 13.0. The van der Waals surface area contributed by atoms with E-state index >= 15 is 0 Å². The van der Waals surface area contributed by atoms with Crippen LogP contribution in [0.2, 0.25) is 0 Å². The molecule has 0 amide bonds. The van der Waals surface area contributed by atoms with E-state index in [1.54, 1.807) is 0 Å². The first-order chi connectivity index (χ1) is 10.1.